The molecule has 0 atom stereocenters. The molecule has 9 heteroatoms. The van der Waals surface area contributed by atoms with E-state index in [1.54, 1.807) is 0 Å². The van der Waals surface area contributed by atoms with E-state index in [4.69, 9.17) is 4.74 Å². The molecular weight excluding hydrogens is 366 g/mol. The lowest BCUT2D eigenvalue weighted by atomic mass is 10.2. The Labute approximate surface area is 149 Å². The lowest BCUT2D eigenvalue weighted by molar-refractivity contribution is 0.0730. The number of para-hydroxylation sites is 1. The minimum absolute atomic E-state index is 0.0352. The van der Waals surface area contributed by atoms with Crippen LogP contribution in [-0.4, -0.2) is 44.9 Å². The zero-order valence-corrected chi connectivity index (χ0v) is 14.4. The Morgan fingerprint density at radius 1 is 1.00 bits per heavy atom. The van der Waals surface area contributed by atoms with Crippen LogP contribution in [0.2, 0.25) is 0 Å². The van der Waals surface area contributed by atoms with Gasteiger partial charge in [-0.25, -0.2) is 17.2 Å². The summed E-state index contributed by atoms with van der Waals surface area (Å²) in [6.45, 7) is 1.18. The van der Waals surface area contributed by atoms with Crippen LogP contribution >= 0.6 is 0 Å². The predicted molar refractivity (Wildman–Crippen MR) is 90.3 cm³/mol. The predicted octanol–water partition coefficient (Wildman–Crippen LogP) is 2.24. The van der Waals surface area contributed by atoms with Crippen LogP contribution in [0.1, 0.15) is 10.4 Å². The highest BCUT2D eigenvalue weighted by Crippen LogP contribution is 2.21. The van der Waals surface area contributed by atoms with Crippen molar-refractivity contribution in [3.8, 4) is 0 Å². The number of carbonyl (C=O) groups excluding carboxylic acids is 1. The standard InChI is InChI=1S/C17H16F2N2O4S/c18-14-2-1-3-15(19)16(14)20-17(22)12-4-6-13(7-5-12)26(23,24)21-8-10-25-11-9-21/h1-7H,8-11H2,(H,20,22). The normalized spacial score (nSPS) is 15.6. The van der Waals surface area contributed by atoms with Crippen LogP contribution in [0.5, 0.6) is 0 Å². The third-order valence-corrected chi connectivity index (χ3v) is 5.84. The van der Waals surface area contributed by atoms with Crippen molar-refractivity contribution >= 4 is 21.6 Å². The molecule has 3 rings (SSSR count). The molecule has 1 saturated heterocycles. The van der Waals surface area contributed by atoms with Crippen LogP contribution in [0, 0.1) is 11.6 Å². The molecule has 26 heavy (non-hydrogen) atoms. The Morgan fingerprint density at radius 3 is 2.15 bits per heavy atom. The van der Waals surface area contributed by atoms with Crippen molar-refractivity contribution in [3.63, 3.8) is 0 Å². The number of amides is 1. The zero-order chi connectivity index (χ0) is 18.7. The molecule has 1 aliphatic heterocycles. The van der Waals surface area contributed by atoms with Crippen LogP contribution in [-0.2, 0) is 14.8 Å². The molecule has 0 aliphatic carbocycles. The SMILES string of the molecule is O=C(Nc1c(F)cccc1F)c1ccc(S(=O)(=O)N2CCOCC2)cc1. The molecule has 2 aromatic rings. The minimum atomic E-state index is -3.68. The number of anilines is 1. The number of carbonyl (C=O) groups is 1. The quantitative estimate of drug-likeness (QED) is 0.880. The summed E-state index contributed by atoms with van der Waals surface area (Å²) < 4.78 is 58.7. The second-order valence-electron chi connectivity index (χ2n) is 5.59. The van der Waals surface area contributed by atoms with Crippen molar-refractivity contribution in [1.82, 2.24) is 4.31 Å². The van der Waals surface area contributed by atoms with Gasteiger partial charge in [0.25, 0.3) is 5.91 Å². The fourth-order valence-corrected chi connectivity index (χ4v) is 3.93. The molecule has 1 aliphatic rings. The molecule has 138 valence electrons. The molecular formula is C17H16F2N2O4S. The van der Waals surface area contributed by atoms with Gasteiger partial charge in [-0.05, 0) is 36.4 Å². The first-order chi connectivity index (χ1) is 12.4. The fourth-order valence-electron chi connectivity index (χ4n) is 2.52. The summed E-state index contributed by atoms with van der Waals surface area (Å²) in [5, 5.41) is 2.15. The van der Waals surface area contributed by atoms with E-state index in [0.29, 0.717) is 13.2 Å². The number of hydrogen-bond donors (Lipinski definition) is 1. The van der Waals surface area contributed by atoms with Gasteiger partial charge in [0.1, 0.15) is 17.3 Å². The first kappa shape index (κ1) is 18.4. The highest BCUT2D eigenvalue weighted by atomic mass is 32.2. The highest BCUT2D eigenvalue weighted by molar-refractivity contribution is 7.89. The van der Waals surface area contributed by atoms with Gasteiger partial charge in [0.2, 0.25) is 10.0 Å². The zero-order valence-electron chi connectivity index (χ0n) is 13.6. The summed E-state index contributed by atoms with van der Waals surface area (Å²) in [7, 11) is -3.68. The summed E-state index contributed by atoms with van der Waals surface area (Å²) in [6.07, 6.45) is 0. The molecule has 2 aromatic carbocycles. The Morgan fingerprint density at radius 2 is 1.58 bits per heavy atom. The molecule has 6 nitrogen and oxygen atoms in total. The molecule has 0 saturated carbocycles. The average Bonchev–Trinajstić information content (AvgIpc) is 2.65. The van der Waals surface area contributed by atoms with Crippen molar-refractivity contribution in [3.05, 3.63) is 59.7 Å². The molecule has 0 unspecified atom stereocenters. The summed E-state index contributed by atoms with van der Waals surface area (Å²) in [5.74, 6) is -2.54. The van der Waals surface area contributed by atoms with Gasteiger partial charge in [-0.1, -0.05) is 6.07 Å². The van der Waals surface area contributed by atoms with Crippen LogP contribution in [0.3, 0.4) is 0 Å². The van der Waals surface area contributed by atoms with E-state index >= 15 is 0 Å². The number of halogens is 2. The average molecular weight is 382 g/mol. The van der Waals surface area contributed by atoms with Crippen molar-refractivity contribution in [2.45, 2.75) is 4.90 Å². The van der Waals surface area contributed by atoms with E-state index in [2.05, 4.69) is 5.32 Å². The molecule has 0 radical (unpaired) electrons. The first-order valence-corrected chi connectivity index (χ1v) is 9.27. The summed E-state index contributed by atoms with van der Waals surface area (Å²) in [6, 6.07) is 8.40. The van der Waals surface area contributed by atoms with Crippen LogP contribution in [0.15, 0.2) is 47.4 Å². The van der Waals surface area contributed by atoms with Crippen LogP contribution in [0.4, 0.5) is 14.5 Å². The lowest BCUT2D eigenvalue weighted by Gasteiger charge is -2.26. The first-order valence-electron chi connectivity index (χ1n) is 7.83. The number of nitrogens with zero attached hydrogens (tertiary/aromatic N) is 1. The van der Waals surface area contributed by atoms with Crippen molar-refractivity contribution < 1.29 is 26.7 Å². The fraction of sp³-hybridized carbons (Fsp3) is 0.235. The topological polar surface area (TPSA) is 75.7 Å². The second kappa shape index (κ2) is 7.48. The van der Waals surface area contributed by atoms with Gasteiger partial charge >= 0.3 is 0 Å². The number of ether oxygens (including phenoxy) is 1. The number of sulfonamides is 1. The van der Waals surface area contributed by atoms with Crippen molar-refractivity contribution in [2.75, 3.05) is 31.6 Å². The van der Waals surface area contributed by atoms with Gasteiger partial charge in [-0.2, -0.15) is 4.31 Å². The van der Waals surface area contributed by atoms with E-state index in [1.165, 1.54) is 34.6 Å². The van der Waals surface area contributed by atoms with Gasteiger partial charge in [0.15, 0.2) is 0 Å². The van der Waals surface area contributed by atoms with E-state index in [9.17, 15) is 22.0 Å². The number of benzene rings is 2. The minimum Gasteiger partial charge on any atom is -0.379 e. The second-order valence-corrected chi connectivity index (χ2v) is 7.53. The number of morpholine rings is 1. The van der Waals surface area contributed by atoms with Crippen LogP contribution in [0.25, 0.3) is 0 Å². The maximum absolute atomic E-state index is 13.6. The summed E-state index contributed by atoms with van der Waals surface area (Å²) >= 11 is 0. The molecule has 0 bridgehead atoms. The van der Waals surface area contributed by atoms with Crippen molar-refractivity contribution in [1.29, 1.82) is 0 Å². The Kier molecular flexibility index (Phi) is 5.30. The molecule has 1 amide bonds. The van der Waals surface area contributed by atoms with E-state index in [-0.39, 0.29) is 23.5 Å². The maximum atomic E-state index is 13.6. The molecule has 1 fully saturated rings. The Balaban J connectivity index is 1.78. The smallest absolute Gasteiger partial charge is 0.255 e. The number of nitrogens with one attached hydrogen (secondary N) is 1. The third-order valence-electron chi connectivity index (χ3n) is 3.93. The van der Waals surface area contributed by atoms with Crippen molar-refractivity contribution in [2.24, 2.45) is 0 Å². The van der Waals surface area contributed by atoms with Gasteiger partial charge in [0, 0.05) is 18.7 Å². The van der Waals surface area contributed by atoms with Gasteiger partial charge < -0.3 is 10.1 Å². The lowest BCUT2D eigenvalue weighted by Crippen LogP contribution is -2.40. The molecule has 1 N–H and O–H groups in total. The van der Waals surface area contributed by atoms with E-state index < -0.39 is 33.3 Å². The number of hydrogen-bond acceptors (Lipinski definition) is 4. The Hall–Kier alpha value is -2.36. The Bertz CT molecular complexity index is 891. The highest BCUT2D eigenvalue weighted by Gasteiger charge is 2.26. The largest absolute Gasteiger partial charge is 0.379 e. The third kappa shape index (κ3) is 3.74. The monoisotopic (exact) mass is 382 g/mol. The summed E-state index contributed by atoms with van der Waals surface area (Å²) in [4.78, 5) is 12.2. The maximum Gasteiger partial charge on any atom is 0.255 e. The molecule has 0 aromatic heterocycles. The number of rotatable bonds is 4. The molecule has 1 heterocycles. The van der Waals surface area contributed by atoms with Gasteiger partial charge in [-0.15, -0.1) is 0 Å². The van der Waals surface area contributed by atoms with Crippen LogP contribution < -0.4 is 5.32 Å². The van der Waals surface area contributed by atoms with E-state index in [0.717, 1.165) is 12.1 Å². The van der Waals surface area contributed by atoms with E-state index in [1.807, 2.05) is 0 Å². The van der Waals surface area contributed by atoms with Gasteiger partial charge in [-0.3, -0.25) is 4.79 Å². The van der Waals surface area contributed by atoms with Gasteiger partial charge in [0.05, 0.1) is 18.1 Å². The molecule has 0 spiro atoms. The summed E-state index contributed by atoms with van der Waals surface area (Å²) in [5.41, 5.74) is -0.476.